The lowest BCUT2D eigenvalue weighted by Gasteiger charge is -2.21. The summed E-state index contributed by atoms with van der Waals surface area (Å²) in [5.74, 6) is -0.814. The van der Waals surface area contributed by atoms with E-state index in [-0.39, 0.29) is 0 Å². The van der Waals surface area contributed by atoms with E-state index in [2.05, 4.69) is 6.58 Å². The largest absolute Gasteiger partial charge is 0.480 e. The number of rotatable bonds is 3. The van der Waals surface area contributed by atoms with Crippen molar-refractivity contribution in [1.82, 2.24) is 9.80 Å². The van der Waals surface area contributed by atoms with Crippen molar-refractivity contribution in [3.63, 3.8) is 0 Å². The van der Waals surface area contributed by atoms with Gasteiger partial charge in [0, 0.05) is 12.4 Å². The first kappa shape index (κ1) is 8.64. The molecule has 1 heterocycles. The molecule has 1 aliphatic heterocycles. The zero-order valence-electron chi connectivity index (χ0n) is 6.97. The van der Waals surface area contributed by atoms with Gasteiger partial charge in [-0.25, -0.2) is 4.79 Å². The lowest BCUT2D eigenvalue weighted by atomic mass is 10.3. The predicted octanol–water partition coefficient (Wildman–Crippen LogP) is 0.649. The number of carbonyl (C=O) groups is 1. The predicted molar refractivity (Wildman–Crippen MR) is 45.0 cm³/mol. The summed E-state index contributed by atoms with van der Waals surface area (Å²) < 4.78 is 0. The normalized spacial score (nSPS) is 18.1. The Bertz CT molecular complexity index is 225. The zero-order chi connectivity index (χ0) is 9.14. The van der Waals surface area contributed by atoms with Gasteiger partial charge in [-0.05, 0) is 13.1 Å². The molecule has 0 fully saturated rings. The molecule has 0 bridgehead atoms. The van der Waals surface area contributed by atoms with Crippen LogP contribution < -0.4 is 0 Å². The van der Waals surface area contributed by atoms with Gasteiger partial charge in [-0.15, -0.1) is 0 Å². The number of nitrogens with zero attached hydrogens (tertiary/aromatic N) is 2. The van der Waals surface area contributed by atoms with Gasteiger partial charge in [-0.2, -0.15) is 0 Å². The Hall–Kier alpha value is -1.45. The van der Waals surface area contributed by atoms with Crippen molar-refractivity contribution < 1.29 is 9.90 Å². The maximum Gasteiger partial charge on any atom is 0.326 e. The van der Waals surface area contributed by atoms with E-state index in [9.17, 15) is 4.79 Å². The summed E-state index contributed by atoms with van der Waals surface area (Å²) in [6.07, 6.45) is 5.21. The van der Waals surface area contributed by atoms with Crippen molar-refractivity contribution in [1.29, 1.82) is 0 Å². The van der Waals surface area contributed by atoms with Crippen LogP contribution in [0.5, 0.6) is 0 Å². The fourth-order valence-electron chi connectivity index (χ4n) is 0.966. The summed E-state index contributed by atoms with van der Waals surface area (Å²) in [5, 5.41) is 8.68. The number of aliphatic carboxylic acids is 1. The highest BCUT2D eigenvalue weighted by Crippen LogP contribution is 2.10. The Balaban J connectivity index is 2.53. The van der Waals surface area contributed by atoms with Crippen LogP contribution in [0.1, 0.15) is 6.92 Å². The van der Waals surface area contributed by atoms with Gasteiger partial charge in [0.05, 0.1) is 6.67 Å². The highest BCUT2D eigenvalue weighted by molar-refractivity contribution is 5.73. The van der Waals surface area contributed by atoms with E-state index in [1.807, 2.05) is 4.90 Å². The second-order valence-corrected chi connectivity index (χ2v) is 2.66. The lowest BCUT2D eigenvalue weighted by Crippen LogP contribution is -2.36. The minimum Gasteiger partial charge on any atom is -0.480 e. The fraction of sp³-hybridized carbons (Fsp3) is 0.375. The molecular weight excluding hydrogens is 156 g/mol. The highest BCUT2D eigenvalue weighted by atomic mass is 16.4. The number of hydrogen-bond acceptors (Lipinski definition) is 3. The molecule has 0 aliphatic carbocycles. The first-order valence-corrected chi connectivity index (χ1v) is 3.70. The maximum absolute atomic E-state index is 10.6. The molecular formula is C8H12N2O2. The molecule has 0 aromatic rings. The third-order valence-electron chi connectivity index (χ3n) is 1.87. The van der Waals surface area contributed by atoms with Crippen LogP contribution in [0.4, 0.5) is 0 Å². The fourth-order valence-corrected chi connectivity index (χ4v) is 0.966. The van der Waals surface area contributed by atoms with Gasteiger partial charge in [0.1, 0.15) is 6.04 Å². The first-order chi connectivity index (χ1) is 5.65. The van der Waals surface area contributed by atoms with Crippen molar-refractivity contribution in [2.24, 2.45) is 0 Å². The van der Waals surface area contributed by atoms with E-state index in [1.165, 1.54) is 0 Å². The Morgan fingerprint density at radius 3 is 2.83 bits per heavy atom. The van der Waals surface area contributed by atoms with Gasteiger partial charge in [0.2, 0.25) is 0 Å². The van der Waals surface area contributed by atoms with Gasteiger partial charge in [0.15, 0.2) is 0 Å². The Morgan fingerprint density at radius 1 is 1.75 bits per heavy atom. The van der Waals surface area contributed by atoms with Crippen molar-refractivity contribution in [3.8, 4) is 0 Å². The first-order valence-electron chi connectivity index (χ1n) is 3.70. The van der Waals surface area contributed by atoms with E-state index in [1.54, 1.807) is 30.4 Å². The summed E-state index contributed by atoms with van der Waals surface area (Å²) in [6.45, 7) is 5.80. The summed E-state index contributed by atoms with van der Waals surface area (Å²) in [5.41, 5.74) is 0. The van der Waals surface area contributed by atoms with E-state index in [0.717, 1.165) is 0 Å². The van der Waals surface area contributed by atoms with Crippen LogP contribution in [0, 0.1) is 0 Å². The molecule has 0 aromatic heterocycles. The van der Waals surface area contributed by atoms with Gasteiger partial charge >= 0.3 is 5.97 Å². The molecule has 66 valence electrons. The molecule has 4 heteroatoms. The zero-order valence-corrected chi connectivity index (χ0v) is 6.97. The highest BCUT2D eigenvalue weighted by Gasteiger charge is 2.21. The smallest absolute Gasteiger partial charge is 0.326 e. The average molecular weight is 168 g/mol. The van der Waals surface area contributed by atoms with Crippen LogP contribution in [0.3, 0.4) is 0 Å². The SMILES string of the molecule is C=CN1C=CN(C(C)C(=O)O)C1. The van der Waals surface area contributed by atoms with Crippen LogP contribution in [0.25, 0.3) is 0 Å². The summed E-state index contributed by atoms with van der Waals surface area (Å²) >= 11 is 0. The topological polar surface area (TPSA) is 43.8 Å². The Kier molecular flexibility index (Phi) is 2.38. The molecule has 0 spiro atoms. The molecule has 1 atom stereocenters. The molecule has 0 amide bonds. The monoisotopic (exact) mass is 168 g/mol. The average Bonchev–Trinajstić information content (AvgIpc) is 2.50. The minimum atomic E-state index is -0.814. The molecule has 1 aliphatic rings. The van der Waals surface area contributed by atoms with Gasteiger partial charge in [0.25, 0.3) is 0 Å². The van der Waals surface area contributed by atoms with Gasteiger partial charge < -0.3 is 14.9 Å². The molecule has 1 unspecified atom stereocenters. The Labute approximate surface area is 71.4 Å². The lowest BCUT2D eigenvalue weighted by molar-refractivity contribution is -0.141. The van der Waals surface area contributed by atoms with Crippen LogP contribution in [-0.2, 0) is 4.79 Å². The molecule has 0 saturated heterocycles. The molecule has 4 nitrogen and oxygen atoms in total. The second-order valence-electron chi connectivity index (χ2n) is 2.66. The number of hydrogen-bond donors (Lipinski definition) is 1. The van der Waals surface area contributed by atoms with Gasteiger partial charge in [-0.1, -0.05) is 6.58 Å². The summed E-state index contributed by atoms with van der Waals surface area (Å²) in [7, 11) is 0. The quantitative estimate of drug-likeness (QED) is 0.672. The van der Waals surface area contributed by atoms with E-state index in [0.29, 0.717) is 6.67 Å². The number of carboxylic acids is 1. The van der Waals surface area contributed by atoms with Crippen molar-refractivity contribution >= 4 is 5.97 Å². The van der Waals surface area contributed by atoms with E-state index < -0.39 is 12.0 Å². The summed E-state index contributed by atoms with van der Waals surface area (Å²) in [6, 6.07) is -0.480. The molecule has 0 radical (unpaired) electrons. The van der Waals surface area contributed by atoms with Crippen molar-refractivity contribution in [2.75, 3.05) is 6.67 Å². The van der Waals surface area contributed by atoms with E-state index >= 15 is 0 Å². The van der Waals surface area contributed by atoms with Crippen LogP contribution in [0.2, 0.25) is 0 Å². The summed E-state index contributed by atoms with van der Waals surface area (Å²) in [4.78, 5) is 14.1. The molecule has 1 rings (SSSR count). The minimum absolute atomic E-state index is 0.480. The van der Waals surface area contributed by atoms with Crippen LogP contribution in [-0.4, -0.2) is 33.6 Å². The standard InChI is InChI=1S/C8H12N2O2/c1-3-9-4-5-10(6-9)7(2)8(11)12/h3-5,7H,1,6H2,2H3,(H,11,12). The molecule has 12 heavy (non-hydrogen) atoms. The third-order valence-corrected chi connectivity index (χ3v) is 1.87. The molecule has 1 N–H and O–H groups in total. The molecule has 0 saturated carbocycles. The molecule has 0 aromatic carbocycles. The van der Waals surface area contributed by atoms with Crippen LogP contribution >= 0.6 is 0 Å². The van der Waals surface area contributed by atoms with Crippen molar-refractivity contribution in [3.05, 3.63) is 25.2 Å². The number of carboxylic acid groups (broad SMARTS) is 1. The second kappa shape index (κ2) is 3.30. The van der Waals surface area contributed by atoms with E-state index in [4.69, 9.17) is 5.11 Å². The Morgan fingerprint density at radius 2 is 2.42 bits per heavy atom. The van der Waals surface area contributed by atoms with Gasteiger partial charge in [-0.3, -0.25) is 0 Å². The maximum atomic E-state index is 10.6. The van der Waals surface area contributed by atoms with Crippen molar-refractivity contribution in [2.45, 2.75) is 13.0 Å². The van der Waals surface area contributed by atoms with Crippen LogP contribution in [0.15, 0.2) is 25.2 Å². The third kappa shape index (κ3) is 1.58.